The molecule has 1 atom stereocenters. The predicted molar refractivity (Wildman–Crippen MR) is 65.5 cm³/mol. The number of thiol groups is 1. The SMILES string of the molecule is CC(C)OC(=O)N=NC(=O)OC(C)CCCS. The van der Waals surface area contributed by atoms with Gasteiger partial charge in [-0.05, 0) is 39.4 Å². The average Bonchev–Trinajstić information content (AvgIpc) is 2.22. The van der Waals surface area contributed by atoms with Crippen molar-refractivity contribution < 1.29 is 19.1 Å². The summed E-state index contributed by atoms with van der Waals surface area (Å²) in [5, 5.41) is 6.17. The van der Waals surface area contributed by atoms with Crippen molar-refractivity contribution in [1.29, 1.82) is 0 Å². The normalized spacial score (nSPS) is 12.8. The van der Waals surface area contributed by atoms with Gasteiger partial charge in [-0.1, -0.05) is 10.2 Å². The van der Waals surface area contributed by atoms with Crippen LogP contribution in [-0.2, 0) is 9.47 Å². The molecule has 0 aromatic carbocycles. The lowest BCUT2D eigenvalue weighted by atomic mass is 10.2. The molecule has 0 bridgehead atoms. The molecule has 7 heteroatoms. The molecule has 0 rings (SSSR count). The molecule has 0 N–H and O–H groups in total. The molecule has 0 heterocycles. The molecule has 2 amide bonds. The number of carbonyl (C=O) groups excluding carboxylic acids is 2. The summed E-state index contributed by atoms with van der Waals surface area (Å²) in [6.45, 7) is 5.08. The molecule has 0 aliphatic carbocycles. The van der Waals surface area contributed by atoms with Crippen molar-refractivity contribution in [2.45, 2.75) is 45.8 Å². The first-order valence-electron chi connectivity index (χ1n) is 5.39. The monoisotopic (exact) mass is 262 g/mol. The van der Waals surface area contributed by atoms with Crippen LogP contribution in [0.2, 0.25) is 0 Å². The maximum absolute atomic E-state index is 11.1. The number of carbonyl (C=O) groups is 2. The van der Waals surface area contributed by atoms with Gasteiger partial charge in [0.2, 0.25) is 0 Å². The summed E-state index contributed by atoms with van der Waals surface area (Å²) >= 11 is 4.04. The van der Waals surface area contributed by atoms with E-state index in [4.69, 9.17) is 4.74 Å². The van der Waals surface area contributed by atoms with Crippen LogP contribution in [0.4, 0.5) is 9.59 Å². The van der Waals surface area contributed by atoms with E-state index < -0.39 is 12.2 Å². The van der Waals surface area contributed by atoms with Crippen LogP contribution in [0.3, 0.4) is 0 Å². The molecular weight excluding hydrogens is 244 g/mol. The van der Waals surface area contributed by atoms with Gasteiger partial charge < -0.3 is 9.47 Å². The summed E-state index contributed by atoms with van der Waals surface area (Å²) in [5.41, 5.74) is 0. The first kappa shape index (κ1) is 15.9. The van der Waals surface area contributed by atoms with Crippen LogP contribution in [0.25, 0.3) is 0 Å². The van der Waals surface area contributed by atoms with Crippen LogP contribution in [-0.4, -0.2) is 30.1 Å². The van der Waals surface area contributed by atoms with Gasteiger partial charge in [-0.25, -0.2) is 9.59 Å². The van der Waals surface area contributed by atoms with Crippen molar-refractivity contribution in [3.63, 3.8) is 0 Å². The quantitative estimate of drug-likeness (QED) is 0.609. The van der Waals surface area contributed by atoms with Gasteiger partial charge in [0.1, 0.15) is 6.10 Å². The van der Waals surface area contributed by atoms with Gasteiger partial charge in [0.15, 0.2) is 0 Å². The fraction of sp³-hybridized carbons (Fsp3) is 0.800. The Labute approximate surface area is 106 Å². The second-order valence-corrected chi connectivity index (χ2v) is 4.14. The molecule has 0 aliphatic rings. The Hall–Kier alpha value is -1.11. The van der Waals surface area contributed by atoms with Crippen LogP contribution >= 0.6 is 12.6 Å². The lowest BCUT2D eigenvalue weighted by Gasteiger charge is -2.09. The lowest BCUT2D eigenvalue weighted by Crippen LogP contribution is -2.12. The van der Waals surface area contributed by atoms with Crippen molar-refractivity contribution in [2.75, 3.05) is 5.75 Å². The summed E-state index contributed by atoms with van der Waals surface area (Å²) in [5.74, 6) is 0.726. The highest BCUT2D eigenvalue weighted by Crippen LogP contribution is 2.04. The Kier molecular flexibility index (Phi) is 8.39. The Morgan fingerprint density at radius 1 is 1.12 bits per heavy atom. The average molecular weight is 262 g/mol. The van der Waals surface area contributed by atoms with Crippen molar-refractivity contribution in [3.05, 3.63) is 0 Å². The van der Waals surface area contributed by atoms with Gasteiger partial charge in [0.25, 0.3) is 0 Å². The van der Waals surface area contributed by atoms with Crippen molar-refractivity contribution >= 4 is 24.8 Å². The number of hydrogen-bond acceptors (Lipinski definition) is 5. The van der Waals surface area contributed by atoms with E-state index in [9.17, 15) is 9.59 Å². The highest BCUT2D eigenvalue weighted by Gasteiger charge is 2.09. The Morgan fingerprint density at radius 2 is 1.65 bits per heavy atom. The number of ether oxygens (including phenoxy) is 2. The third-order valence-corrected chi connectivity index (χ3v) is 1.94. The molecule has 0 aromatic rings. The number of amides is 2. The van der Waals surface area contributed by atoms with E-state index in [0.29, 0.717) is 6.42 Å². The van der Waals surface area contributed by atoms with E-state index in [1.54, 1.807) is 20.8 Å². The largest absolute Gasteiger partial charge is 0.452 e. The van der Waals surface area contributed by atoms with E-state index in [0.717, 1.165) is 12.2 Å². The van der Waals surface area contributed by atoms with Gasteiger partial charge in [-0.3, -0.25) is 0 Å². The molecule has 98 valence electrons. The lowest BCUT2D eigenvalue weighted by molar-refractivity contribution is 0.106. The molecule has 1 unspecified atom stereocenters. The highest BCUT2D eigenvalue weighted by atomic mass is 32.1. The first-order valence-corrected chi connectivity index (χ1v) is 6.02. The molecular formula is C10H18N2O4S. The van der Waals surface area contributed by atoms with Crippen molar-refractivity contribution in [1.82, 2.24) is 0 Å². The molecule has 0 aliphatic heterocycles. The van der Waals surface area contributed by atoms with E-state index in [1.807, 2.05) is 0 Å². The zero-order chi connectivity index (χ0) is 13.3. The zero-order valence-electron chi connectivity index (χ0n) is 10.3. The Balaban J connectivity index is 3.92. The molecule has 17 heavy (non-hydrogen) atoms. The predicted octanol–water partition coefficient (Wildman–Crippen LogP) is 3.22. The van der Waals surface area contributed by atoms with E-state index in [1.165, 1.54) is 0 Å². The molecule has 6 nitrogen and oxygen atoms in total. The van der Waals surface area contributed by atoms with Gasteiger partial charge in [0, 0.05) is 0 Å². The fourth-order valence-corrected chi connectivity index (χ4v) is 1.12. The van der Waals surface area contributed by atoms with Crippen LogP contribution in [0.1, 0.15) is 33.6 Å². The van der Waals surface area contributed by atoms with E-state index in [-0.39, 0.29) is 12.2 Å². The van der Waals surface area contributed by atoms with Gasteiger partial charge in [-0.2, -0.15) is 12.6 Å². The Bertz CT molecular complexity index is 281. The van der Waals surface area contributed by atoms with Crippen molar-refractivity contribution in [2.24, 2.45) is 10.2 Å². The third-order valence-electron chi connectivity index (χ3n) is 1.62. The minimum absolute atomic E-state index is 0.269. The summed E-state index contributed by atoms with van der Waals surface area (Å²) < 4.78 is 9.52. The maximum atomic E-state index is 11.1. The molecule has 0 radical (unpaired) electrons. The Morgan fingerprint density at radius 3 is 2.12 bits per heavy atom. The summed E-state index contributed by atoms with van der Waals surface area (Å²) in [6.07, 6.45) is -0.829. The van der Waals surface area contributed by atoms with Gasteiger partial charge >= 0.3 is 12.2 Å². The minimum atomic E-state index is -0.903. The number of hydrogen-bond donors (Lipinski definition) is 1. The highest BCUT2D eigenvalue weighted by molar-refractivity contribution is 7.80. The number of rotatable bonds is 5. The van der Waals surface area contributed by atoms with E-state index in [2.05, 4.69) is 27.6 Å². The van der Waals surface area contributed by atoms with Gasteiger partial charge in [-0.15, -0.1) is 0 Å². The molecule has 0 fully saturated rings. The molecule has 0 aromatic heterocycles. The smallest absolute Gasteiger partial charge is 0.444 e. The summed E-state index contributed by atoms with van der Waals surface area (Å²) in [4.78, 5) is 22.0. The van der Waals surface area contributed by atoms with Crippen LogP contribution in [0.15, 0.2) is 10.2 Å². The zero-order valence-corrected chi connectivity index (χ0v) is 11.1. The van der Waals surface area contributed by atoms with Crippen molar-refractivity contribution in [3.8, 4) is 0 Å². The van der Waals surface area contributed by atoms with Gasteiger partial charge in [0.05, 0.1) is 6.10 Å². The molecule has 0 spiro atoms. The maximum Gasteiger partial charge on any atom is 0.452 e. The second kappa shape index (κ2) is 8.98. The van der Waals surface area contributed by atoms with Crippen LogP contribution in [0.5, 0.6) is 0 Å². The molecule has 0 saturated carbocycles. The van der Waals surface area contributed by atoms with Crippen LogP contribution < -0.4 is 0 Å². The fourth-order valence-electron chi connectivity index (χ4n) is 0.940. The standard InChI is InChI=1S/C10H18N2O4S/c1-7(2)15-9(13)11-12-10(14)16-8(3)5-4-6-17/h7-8,17H,4-6H2,1-3H3. The first-order chi connectivity index (χ1) is 7.95. The van der Waals surface area contributed by atoms with Crippen LogP contribution in [0, 0.1) is 0 Å². The van der Waals surface area contributed by atoms with E-state index >= 15 is 0 Å². The third kappa shape index (κ3) is 9.80. The summed E-state index contributed by atoms with van der Waals surface area (Å²) in [7, 11) is 0. The topological polar surface area (TPSA) is 77.3 Å². The second-order valence-electron chi connectivity index (χ2n) is 3.69. The number of nitrogens with zero attached hydrogens (tertiary/aromatic N) is 2. The minimum Gasteiger partial charge on any atom is -0.444 e. The number of azo groups is 1. The summed E-state index contributed by atoms with van der Waals surface area (Å²) in [6, 6.07) is 0. The molecule has 0 saturated heterocycles.